The van der Waals surface area contributed by atoms with E-state index in [9.17, 15) is 9.59 Å². The number of nitrogens with two attached hydrogens (primary N) is 1. The summed E-state index contributed by atoms with van der Waals surface area (Å²) < 4.78 is 5.22. The Labute approximate surface area is 106 Å². The van der Waals surface area contributed by atoms with E-state index in [2.05, 4.69) is 0 Å². The molecule has 102 valence electrons. The van der Waals surface area contributed by atoms with Crippen molar-refractivity contribution >= 4 is 11.9 Å². The van der Waals surface area contributed by atoms with E-state index in [4.69, 9.17) is 15.6 Å². The van der Waals surface area contributed by atoms with Gasteiger partial charge < -0.3 is 20.5 Å². The lowest BCUT2D eigenvalue weighted by Gasteiger charge is -2.36. The summed E-state index contributed by atoms with van der Waals surface area (Å²) in [5, 5.41) is 8.73. The lowest BCUT2D eigenvalue weighted by atomic mass is 9.89. The second kappa shape index (κ2) is 5.24. The van der Waals surface area contributed by atoms with Gasteiger partial charge in [0.25, 0.3) is 0 Å². The summed E-state index contributed by atoms with van der Waals surface area (Å²) in [5.41, 5.74) is 5.30. The summed E-state index contributed by atoms with van der Waals surface area (Å²) >= 11 is 0. The second-order valence-corrected chi connectivity index (χ2v) is 5.14. The number of aliphatic carboxylic acids is 1. The number of carboxylic acids is 1. The monoisotopic (exact) mass is 256 g/mol. The normalized spacial score (nSPS) is 22.5. The maximum Gasteiger partial charge on any atom is 0.305 e. The van der Waals surface area contributed by atoms with E-state index in [0.29, 0.717) is 26.1 Å². The number of hydrogen-bond donors (Lipinski definition) is 2. The van der Waals surface area contributed by atoms with Crippen LogP contribution in [0.4, 0.5) is 0 Å². The molecule has 2 aliphatic rings. The average molecular weight is 256 g/mol. The van der Waals surface area contributed by atoms with Crippen LogP contribution >= 0.6 is 0 Å². The first-order valence-corrected chi connectivity index (χ1v) is 6.42. The highest BCUT2D eigenvalue weighted by atomic mass is 16.5. The molecule has 1 heterocycles. The van der Waals surface area contributed by atoms with Gasteiger partial charge in [0.1, 0.15) is 0 Å². The molecule has 3 N–H and O–H groups in total. The van der Waals surface area contributed by atoms with Gasteiger partial charge in [-0.05, 0) is 25.7 Å². The van der Waals surface area contributed by atoms with E-state index < -0.39 is 11.5 Å². The van der Waals surface area contributed by atoms with E-state index in [1.54, 1.807) is 4.90 Å². The van der Waals surface area contributed by atoms with Crippen molar-refractivity contribution in [3.05, 3.63) is 0 Å². The standard InChI is InChI=1S/C12H20N2O4/c13-12(4-7-18-8-5-12)11(17)14(9-1-2-9)6-3-10(15)16/h9H,1-8,13H2,(H,15,16). The predicted octanol–water partition coefficient (Wildman–Crippen LogP) is -0.0400. The first-order chi connectivity index (χ1) is 8.53. The Kier molecular flexibility index (Phi) is 3.87. The van der Waals surface area contributed by atoms with Gasteiger partial charge >= 0.3 is 5.97 Å². The van der Waals surface area contributed by atoms with Gasteiger partial charge in [0.15, 0.2) is 0 Å². The quantitative estimate of drug-likeness (QED) is 0.720. The van der Waals surface area contributed by atoms with Crippen LogP contribution in [0.3, 0.4) is 0 Å². The summed E-state index contributed by atoms with van der Waals surface area (Å²) in [6, 6.07) is 0.195. The zero-order chi connectivity index (χ0) is 13.2. The second-order valence-electron chi connectivity index (χ2n) is 5.14. The van der Waals surface area contributed by atoms with Crippen LogP contribution in [0.5, 0.6) is 0 Å². The fraction of sp³-hybridized carbons (Fsp3) is 0.833. The van der Waals surface area contributed by atoms with Crippen molar-refractivity contribution in [3.63, 3.8) is 0 Å². The fourth-order valence-electron chi connectivity index (χ4n) is 2.29. The Morgan fingerprint density at radius 2 is 1.94 bits per heavy atom. The van der Waals surface area contributed by atoms with E-state index >= 15 is 0 Å². The van der Waals surface area contributed by atoms with Crippen LogP contribution in [0.15, 0.2) is 0 Å². The topological polar surface area (TPSA) is 92.9 Å². The lowest BCUT2D eigenvalue weighted by molar-refractivity contribution is -0.143. The third-order valence-corrected chi connectivity index (χ3v) is 3.63. The first kappa shape index (κ1) is 13.3. The first-order valence-electron chi connectivity index (χ1n) is 6.42. The van der Waals surface area contributed by atoms with Crippen molar-refractivity contribution in [2.75, 3.05) is 19.8 Å². The van der Waals surface area contributed by atoms with Crippen molar-refractivity contribution in [1.82, 2.24) is 4.90 Å². The molecule has 1 aliphatic heterocycles. The molecule has 1 aliphatic carbocycles. The molecule has 0 atom stereocenters. The number of hydrogen-bond acceptors (Lipinski definition) is 4. The highest BCUT2D eigenvalue weighted by Gasteiger charge is 2.43. The zero-order valence-electron chi connectivity index (χ0n) is 10.4. The number of nitrogens with zero attached hydrogens (tertiary/aromatic N) is 1. The molecule has 1 saturated heterocycles. The van der Waals surface area contributed by atoms with E-state index in [-0.39, 0.29) is 24.9 Å². The minimum atomic E-state index is -0.883. The molecule has 6 heteroatoms. The Balaban J connectivity index is 2.00. The molecular formula is C12H20N2O4. The number of carboxylic acid groups (broad SMARTS) is 1. The van der Waals surface area contributed by atoms with Gasteiger partial charge in [0.05, 0.1) is 12.0 Å². The molecule has 0 radical (unpaired) electrons. The molecule has 6 nitrogen and oxygen atoms in total. The SMILES string of the molecule is NC1(C(=O)N(CCC(=O)O)C2CC2)CCOCC1. The van der Waals surface area contributed by atoms with Gasteiger partial charge in [-0.3, -0.25) is 9.59 Å². The van der Waals surface area contributed by atoms with Crippen LogP contribution in [0.25, 0.3) is 0 Å². The molecule has 1 saturated carbocycles. The van der Waals surface area contributed by atoms with Gasteiger partial charge in [-0.2, -0.15) is 0 Å². The molecule has 0 aromatic rings. The third kappa shape index (κ3) is 3.00. The van der Waals surface area contributed by atoms with E-state index in [0.717, 1.165) is 12.8 Å². The minimum absolute atomic E-state index is 0.0190. The fourth-order valence-corrected chi connectivity index (χ4v) is 2.29. The molecule has 0 aromatic heterocycles. The molecule has 2 fully saturated rings. The van der Waals surface area contributed by atoms with Crippen LogP contribution in [0.2, 0.25) is 0 Å². The van der Waals surface area contributed by atoms with Crippen LogP contribution < -0.4 is 5.73 Å². The summed E-state index contributed by atoms with van der Waals surface area (Å²) in [5.74, 6) is -0.985. The highest BCUT2D eigenvalue weighted by molar-refractivity contribution is 5.87. The average Bonchev–Trinajstić information content (AvgIpc) is 3.14. The smallest absolute Gasteiger partial charge is 0.305 e. The molecule has 0 aromatic carbocycles. The van der Waals surface area contributed by atoms with Crippen LogP contribution in [-0.4, -0.2) is 53.2 Å². The van der Waals surface area contributed by atoms with Crippen molar-refractivity contribution in [3.8, 4) is 0 Å². The predicted molar refractivity (Wildman–Crippen MR) is 64.0 cm³/mol. The number of ether oxygens (including phenoxy) is 1. The van der Waals surface area contributed by atoms with Crippen molar-refractivity contribution in [2.24, 2.45) is 5.73 Å². The molecular weight excluding hydrogens is 236 g/mol. The Morgan fingerprint density at radius 1 is 1.33 bits per heavy atom. The Hall–Kier alpha value is -1.14. The van der Waals surface area contributed by atoms with Gasteiger partial charge in [-0.15, -0.1) is 0 Å². The molecule has 0 bridgehead atoms. The maximum atomic E-state index is 12.5. The maximum absolute atomic E-state index is 12.5. The Morgan fingerprint density at radius 3 is 2.44 bits per heavy atom. The summed E-state index contributed by atoms with van der Waals surface area (Å²) in [6.07, 6.45) is 2.93. The molecule has 1 amide bonds. The Bertz CT molecular complexity index is 335. The molecule has 18 heavy (non-hydrogen) atoms. The molecule has 2 rings (SSSR count). The van der Waals surface area contributed by atoms with Crippen LogP contribution in [0, 0.1) is 0 Å². The number of carbonyl (C=O) groups is 2. The number of amides is 1. The third-order valence-electron chi connectivity index (χ3n) is 3.63. The zero-order valence-corrected chi connectivity index (χ0v) is 10.4. The van der Waals surface area contributed by atoms with E-state index in [1.807, 2.05) is 0 Å². The molecule has 0 unspecified atom stereocenters. The molecule has 0 spiro atoms. The largest absolute Gasteiger partial charge is 0.481 e. The van der Waals surface area contributed by atoms with Crippen LogP contribution in [0.1, 0.15) is 32.1 Å². The summed E-state index contributed by atoms with van der Waals surface area (Å²) in [6.45, 7) is 1.26. The van der Waals surface area contributed by atoms with Gasteiger partial charge in [-0.25, -0.2) is 0 Å². The summed E-state index contributed by atoms with van der Waals surface area (Å²) in [4.78, 5) is 24.8. The van der Waals surface area contributed by atoms with Crippen LogP contribution in [-0.2, 0) is 14.3 Å². The summed E-state index contributed by atoms with van der Waals surface area (Å²) in [7, 11) is 0. The van der Waals surface area contributed by atoms with Gasteiger partial charge in [-0.1, -0.05) is 0 Å². The number of rotatable bonds is 5. The number of carbonyl (C=O) groups excluding carboxylic acids is 1. The van der Waals surface area contributed by atoms with E-state index in [1.165, 1.54) is 0 Å². The van der Waals surface area contributed by atoms with Crippen molar-refractivity contribution < 1.29 is 19.4 Å². The van der Waals surface area contributed by atoms with Crippen molar-refractivity contribution in [2.45, 2.75) is 43.7 Å². The van der Waals surface area contributed by atoms with Gasteiger partial charge in [0, 0.05) is 25.8 Å². The van der Waals surface area contributed by atoms with Crippen molar-refractivity contribution in [1.29, 1.82) is 0 Å². The minimum Gasteiger partial charge on any atom is -0.481 e. The lowest BCUT2D eigenvalue weighted by Crippen LogP contribution is -2.58. The van der Waals surface area contributed by atoms with Gasteiger partial charge in [0.2, 0.25) is 5.91 Å². The highest BCUT2D eigenvalue weighted by Crippen LogP contribution is 2.31.